The van der Waals surface area contributed by atoms with E-state index in [4.69, 9.17) is 0 Å². The molecule has 1 aliphatic rings. The topological polar surface area (TPSA) is 47.9 Å². The highest BCUT2D eigenvalue weighted by molar-refractivity contribution is 5.95. The Hall–Kier alpha value is -2.82. The quantitative estimate of drug-likeness (QED) is 0.664. The zero-order valence-electron chi connectivity index (χ0n) is 15.7. The highest BCUT2D eigenvalue weighted by atomic mass is 16.2. The normalized spacial score (nSPS) is 14.0. The van der Waals surface area contributed by atoms with Gasteiger partial charge in [-0.05, 0) is 61.2 Å². The number of hydrazone groups is 1. The fourth-order valence-electron chi connectivity index (χ4n) is 3.13. The van der Waals surface area contributed by atoms with E-state index in [9.17, 15) is 4.79 Å². The largest absolute Gasteiger partial charge is 0.378 e. The van der Waals surface area contributed by atoms with Gasteiger partial charge >= 0.3 is 0 Å². The predicted octanol–water partition coefficient (Wildman–Crippen LogP) is 3.43. The van der Waals surface area contributed by atoms with Crippen molar-refractivity contribution in [1.82, 2.24) is 5.43 Å². The third kappa shape index (κ3) is 4.23. The Morgan fingerprint density at radius 2 is 1.92 bits per heavy atom. The number of benzene rings is 2. The maximum absolute atomic E-state index is 12.3. The van der Waals surface area contributed by atoms with Crippen LogP contribution >= 0.6 is 0 Å². The molecule has 0 unspecified atom stereocenters. The number of carbonyl (C=O) groups is 1. The second-order valence-corrected chi connectivity index (χ2v) is 6.88. The molecule has 0 aromatic heterocycles. The molecule has 26 heavy (non-hydrogen) atoms. The van der Waals surface area contributed by atoms with Crippen LogP contribution in [-0.4, -0.2) is 39.3 Å². The molecular weight excluding hydrogens is 324 g/mol. The first-order valence-corrected chi connectivity index (χ1v) is 9.01. The Kier molecular flexibility index (Phi) is 5.56. The summed E-state index contributed by atoms with van der Waals surface area (Å²) in [6, 6.07) is 13.8. The second-order valence-electron chi connectivity index (χ2n) is 6.88. The molecule has 2 aromatic rings. The summed E-state index contributed by atoms with van der Waals surface area (Å²) in [6.07, 6.45) is 4.24. The maximum Gasteiger partial charge on any atom is 0.271 e. The third-order valence-corrected chi connectivity index (χ3v) is 4.72. The first kappa shape index (κ1) is 18.0. The molecule has 5 heteroatoms. The van der Waals surface area contributed by atoms with E-state index in [2.05, 4.69) is 40.5 Å². The number of carbonyl (C=O) groups excluding carboxylic acids is 1. The first-order chi connectivity index (χ1) is 12.5. The summed E-state index contributed by atoms with van der Waals surface area (Å²) in [5.41, 5.74) is 7.62. The summed E-state index contributed by atoms with van der Waals surface area (Å²) in [5, 5.41) is 4.13. The minimum atomic E-state index is -0.212. The van der Waals surface area contributed by atoms with Gasteiger partial charge in [-0.25, -0.2) is 5.43 Å². The van der Waals surface area contributed by atoms with Crippen LogP contribution in [0.4, 0.5) is 11.4 Å². The Morgan fingerprint density at radius 1 is 1.15 bits per heavy atom. The average Bonchev–Trinajstić information content (AvgIpc) is 3.17. The van der Waals surface area contributed by atoms with Crippen LogP contribution in [0.1, 0.15) is 34.3 Å². The smallest absolute Gasteiger partial charge is 0.271 e. The SMILES string of the molecule is Cc1cc(N2CCCC2)ccc1C=NNC(=O)c1cccc(N(C)C)c1. The summed E-state index contributed by atoms with van der Waals surface area (Å²) >= 11 is 0. The molecule has 0 bridgehead atoms. The van der Waals surface area contributed by atoms with Crippen molar-refractivity contribution in [3.05, 3.63) is 59.2 Å². The summed E-state index contributed by atoms with van der Waals surface area (Å²) in [6.45, 7) is 4.34. The van der Waals surface area contributed by atoms with Gasteiger partial charge in [0.25, 0.3) is 5.91 Å². The molecule has 0 saturated carbocycles. The lowest BCUT2D eigenvalue weighted by Crippen LogP contribution is -2.19. The van der Waals surface area contributed by atoms with Crippen molar-refractivity contribution in [3.8, 4) is 0 Å². The van der Waals surface area contributed by atoms with Crippen LogP contribution in [0.2, 0.25) is 0 Å². The number of aryl methyl sites for hydroxylation is 1. The van der Waals surface area contributed by atoms with Gasteiger partial charge in [0, 0.05) is 44.1 Å². The molecule has 3 rings (SSSR count). The molecule has 1 aliphatic heterocycles. The average molecular weight is 350 g/mol. The molecule has 0 atom stereocenters. The molecule has 0 aliphatic carbocycles. The number of nitrogens with one attached hydrogen (secondary N) is 1. The molecule has 136 valence electrons. The molecule has 1 fully saturated rings. The van der Waals surface area contributed by atoms with Gasteiger partial charge in [-0.15, -0.1) is 0 Å². The van der Waals surface area contributed by atoms with Crippen LogP contribution in [-0.2, 0) is 0 Å². The second kappa shape index (κ2) is 8.04. The van der Waals surface area contributed by atoms with Crippen molar-refractivity contribution in [1.29, 1.82) is 0 Å². The van der Waals surface area contributed by atoms with E-state index in [1.54, 1.807) is 12.3 Å². The summed E-state index contributed by atoms with van der Waals surface area (Å²) in [5.74, 6) is -0.212. The van der Waals surface area contributed by atoms with Gasteiger partial charge in [0.1, 0.15) is 0 Å². The number of anilines is 2. The molecule has 0 spiro atoms. The van der Waals surface area contributed by atoms with Gasteiger partial charge < -0.3 is 9.80 Å². The van der Waals surface area contributed by atoms with E-state index in [1.807, 2.05) is 37.2 Å². The minimum Gasteiger partial charge on any atom is -0.378 e. The van der Waals surface area contributed by atoms with E-state index in [1.165, 1.54) is 18.5 Å². The van der Waals surface area contributed by atoms with Crippen LogP contribution in [0.5, 0.6) is 0 Å². The van der Waals surface area contributed by atoms with E-state index >= 15 is 0 Å². The molecular formula is C21H26N4O. The molecule has 2 aromatic carbocycles. The predicted molar refractivity (Wildman–Crippen MR) is 108 cm³/mol. The number of rotatable bonds is 5. The van der Waals surface area contributed by atoms with Gasteiger partial charge in [0.15, 0.2) is 0 Å². The van der Waals surface area contributed by atoms with Gasteiger partial charge in [0.05, 0.1) is 6.21 Å². The van der Waals surface area contributed by atoms with Crippen LogP contribution in [0.15, 0.2) is 47.6 Å². The van der Waals surface area contributed by atoms with E-state index in [-0.39, 0.29) is 5.91 Å². The van der Waals surface area contributed by atoms with E-state index in [0.717, 1.165) is 29.9 Å². The lowest BCUT2D eigenvalue weighted by Gasteiger charge is -2.18. The fourth-order valence-corrected chi connectivity index (χ4v) is 3.13. The van der Waals surface area contributed by atoms with Crippen molar-refractivity contribution in [3.63, 3.8) is 0 Å². The zero-order chi connectivity index (χ0) is 18.5. The third-order valence-electron chi connectivity index (χ3n) is 4.72. The Bertz CT molecular complexity index is 807. The van der Waals surface area contributed by atoms with Crippen molar-refractivity contribution in [2.45, 2.75) is 19.8 Å². The molecule has 1 heterocycles. The van der Waals surface area contributed by atoms with Crippen molar-refractivity contribution < 1.29 is 4.79 Å². The molecule has 0 radical (unpaired) electrons. The highest BCUT2D eigenvalue weighted by Crippen LogP contribution is 2.22. The lowest BCUT2D eigenvalue weighted by atomic mass is 10.1. The van der Waals surface area contributed by atoms with Crippen LogP contribution in [0.3, 0.4) is 0 Å². The van der Waals surface area contributed by atoms with Crippen LogP contribution in [0.25, 0.3) is 0 Å². The van der Waals surface area contributed by atoms with Crippen molar-refractivity contribution in [2.75, 3.05) is 37.0 Å². The number of hydrogen-bond acceptors (Lipinski definition) is 4. The fraction of sp³-hybridized carbons (Fsp3) is 0.333. The number of amides is 1. The van der Waals surface area contributed by atoms with Gasteiger partial charge in [-0.3, -0.25) is 4.79 Å². The van der Waals surface area contributed by atoms with Gasteiger partial charge in [-0.1, -0.05) is 12.1 Å². The van der Waals surface area contributed by atoms with Crippen LogP contribution in [0, 0.1) is 6.92 Å². The minimum absolute atomic E-state index is 0.212. The monoisotopic (exact) mass is 350 g/mol. The van der Waals surface area contributed by atoms with E-state index < -0.39 is 0 Å². The lowest BCUT2D eigenvalue weighted by molar-refractivity contribution is 0.0955. The van der Waals surface area contributed by atoms with Crippen LogP contribution < -0.4 is 15.2 Å². The summed E-state index contributed by atoms with van der Waals surface area (Å²) in [4.78, 5) is 16.6. The molecule has 1 N–H and O–H groups in total. The number of hydrogen-bond donors (Lipinski definition) is 1. The molecule has 5 nitrogen and oxygen atoms in total. The Morgan fingerprint density at radius 3 is 2.62 bits per heavy atom. The summed E-state index contributed by atoms with van der Waals surface area (Å²) in [7, 11) is 3.90. The highest BCUT2D eigenvalue weighted by Gasteiger charge is 2.12. The molecule has 1 saturated heterocycles. The zero-order valence-corrected chi connectivity index (χ0v) is 15.7. The first-order valence-electron chi connectivity index (χ1n) is 9.01. The van der Waals surface area contributed by atoms with Gasteiger partial charge in [0.2, 0.25) is 0 Å². The summed E-state index contributed by atoms with van der Waals surface area (Å²) < 4.78 is 0. The van der Waals surface area contributed by atoms with Crippen molar-refractivity contribution in [2.24, 2.45) is 5.10 Å². The molecule has 1 amide bonds. The number of nitrogens with zero attached hydrogens (tertiary/aromatic N) is 3. The Balaban J connectivity index is 1.64. The van der Waals surface area contributed by atoms with Crippen molar-refractivity contribution >= 4 is 23.5 Å². The van der Waals surface area contributed by atoms with E-state index in [0.29, 0.717) is 5.56 Å². The van der Waals surface area contributed by atoms with Gasteiger partial charge in [-0.2, -0.15) is 5.10 Å². The standard InChI is InChI=1S/C21H26N4O/c1-16-13-20(25-11-4-5-12-25)10-9-18(16)15-22-23-21(26)17-7-6-8-19(14-17)24(2)3/h6-10,13-15H,4-5,11-12H2,1-3H3,(H,23,26). The Labute approximate surface area is 155 Å². The maximum atomic E-state index is 12.3.